The van der Waals surface area contributed by atoms with Gasteiger partial charge in [0.25, 0.3) is 0 Å². The van der Waals surface area contributed by atoms with Gasteiger partial charge in [-0.25, -0.2) is 4.57 Å². The first-order chi connectivity index (χ1) is 12.0. The molecule has 11 heteroatoms. The van der Waals surface area contributed by atoms with E-state index in [-0.39, 0.29) is 48.1 Å². The number of hydrogen-bond acceptors (Lipinski definition) is 6. The predicted molar refractivity (Wildman–Crippen MR) is 104 cm³/mol. The zero-order valence-corrected chi connectivity index (χ0v) is 20.4. The van der Waals surface area contributed by atoms with Crippen molar-refractivity contribution in [3.05, 3.63) is 0 Å². The fourth-order valence-corrected chi connectivity index (χ4v) is 2.99. The van der Waals surface area contributed by atoms with Crippen molar-refractivity contribution in [1.29, 1.82) is 0 Å². The number of phosphoric acid groups is 2. The summed E-state index contributed by atoms with van der Waals surface area (Å²) in [5.41, 5.74) is 0. The predicted octanol–water partition coefficient (Wildman–Crippen LogP) is 2.98. The molecule has 0 aliphatic heterocycles. The fraction of sp³-hybridized carbons (Fsp3) is 1.00. The first-order valence-corrected chi connectivity index (χ1v) is 12.3. The van der Waals surface area contributed by atoms with Gasteiger partial charge in [0.15, 0.2) is 0 Å². The van der Waals surface area contributed by atoms with Gasteiger partial charge in [0.1, 0.15) is 0 Å². The summed E-state index contributed by atoms with van der Waals surface area (Å²) < 4.78 is 29.2. The van der Waals surface area contributed by atoms with Gasteiger partial charge in [-0.05, 0) is 24.7 Å². The Morgan fingerprint density at radius 2 is 1.19 bits per heavy atom. The Labute approximate surface area is 180 Å². The van der Waals surface area contributed by atoms with Gasteiger partial charge in [-0.2, -0.15) is 0 Å². The van der Waals surface area contributed by atoms with E-state index < -0.39 is 15.6 Å². The van der Waals surface area contributed by atoms with E-state index in [4.69, 9.17) is 9.79 Å². The van der Waals surface area contributed by atoms with Crippen molar-refractivity contribution in [2.45, 2.75) is 79.1 Å². The van der Waals surface area contributed by atoms with Crippen LogP contribution in [0.5, 0.6) is 0 Å². The van der Waals surface area contributed by atoms with Gasteiger partial charge in [0, 0.05) is 0 Å². The summed E-state index contributed by atoms with van der Waals surface area (Å²) in [6, 6.07) is 0. The maximum atomic E-state index is 10.4. The summed E-state index contributed by atoms with van der Waals surface area (Å²) in [5.74, 6) is 0.462. The van der Waals surface area contributed by atoms with E-state index in [9.17, 15) is 18.9 Å². The van der Waals surface area contributed by atoms with E-state index in [2.05, 4.69) is 22.9 Å². The van der Waals surface area contributed by atoms with Gasteiger partial charge in [-0.1, -0.05) is 66.2 Å². The minimum Gasteiger partial charge on any atom is -0.790 e. The molecule has 0 radical (unpaired) electrons. The molecule has 0 aliphatic carbocycles. The van der Waals surface area contributed by atoms with Crippen LogP contribution in [0.3, 0.4) is 0 Å². The van der Waals surface area contributed by atoms with E-state index in [0.29, 0.717) is 0 Å². The van der Waals surface area contributed by atoms with Crippen molar-refractivity contribution in [3.8, 4) is 0 Å². The topological polar surface area (TPSA) is 139 Å². The summed E-state index contributed by atoms with van der Waals surface area (Å²) in [5, 5.41) is 0. The van der Waals surface area contributed by atoms with Gasteiger partial charge >= 0.3 is 30.9 Å². The number of rotatable bonds is 14. The third-order valence-electron chi connectivity index (χ3n) is 4.03. The summed E-state index contributed by atoms with van der Waals surface area (Å²) in [6.07, 6.45) is 7.96. The average Bonchev–Trinajstić information content (AvgIpc) is 2.54. The Kier molecular flexibility index (Phi) is 22.9. The smallest absolute Gasteiger partial charge is 0.790 e. The molecule has 0 aromatic rings. The third kappa shape index (κ3) is 27.0. The van der Waals surface area contributed by atoms with Crippen LogP contribution >= 0.6 is 15.6 Å². The molecular weight excluding hydrogens is 406 g/mol. The summed E-state index contributed by atoms with van der Waals surface area (Å²) in [7, 11) is -9.03. The molecule has 27 heavy (non-hydrogen) atoms. The van der Waals surface area contributed by atoms with Crippen molar-refractivity contribution in [3.63, 3.8) is 0 Å². The Morgan fingerprint density at radius 1 is 0.815 bits per heavy atom. The monoisotopic (exact) mass is 442 g/mol. The molecule has 0 bridgehead atoms. The molecule has 0 aromatic heterocycles. The van der Waals surface area contributed by atoms with Crippen LogP contribution in [0, 0.1) is 11.8 Å². The third-order valence-corrected chi connectivity index (χ3v) is 4.98. The molecule has 8 nitrogen and oxygen atoms in total. The zero-order chi connectivity index (χ0) is 20.6. The Bertz CT molecular complexity index is 375. The second kappa shape index (κ2) is 19.0. The molecule has 0 fully saturated rings. The molecular formula is C16H36MgO8P2. The average molecular weight is 443 g/mol. The van der Waals surface area contributed by atoms with Gasteiger partial charge in [0.05, 0.1) is 21.0 Å². The van der Waals surface area contributed by atoms with Gasteiger partial charge in [-0.3, -0.25) is 4.52 Å². The van der Waals surface area contributed by atoms with E-state index in [1.54, 1.807) is 0 Å². The molecule has 0 amide bonds. The maximum Gasteiger partial charge on any atom is 2.00 e. The second-order valence-corrected chi connectivity index (χ2v) is 8.75. The maximum absolute atomic E-state index is 10.4. The van der Waals surface area contributed by atoms with E-state index in [1.807, 2.05) is 13.8 Å². The van der Waals surface area contributed by atoms with E-state index >= 15 is 0 Å². The number of phosphoric ester groups is 2. The van der Waals surface area contributed by atoms with Crippen molar-refractivity contribution in [2.24, 2.45) is 11.8 Å². The number of hydrogen-bond donors (Lipinski definition) is 2. The standard InChI is InChI=1S/2C8H19O4P.Mg/c2*1-3-5-6-8(4-2)7-12-13(9,10)11;/h2*8H,3-7H2,1-2H3,(H2,9,10,11);/q;;+2/p-2. The Balaban J connectivity index is -0.000000411. The van der Waals surface area contributed by atoms with Crippen molar-refractivity contribution >= 4 is 38.7 Å². The molecule has 2 atom stereocenters. The minimum absolute atomic E-state index is 0. The molecule has 0 aliphatic rings. The molecule has 2 N–H and O–H groups in total. The zero-order valence-electron chi connectivity index (χ0n) is 17.2. The molecule has 0 rings (SSSR count). The molecule has 0 saturated heterocycles. The number of unbranched alkanes of at least 4 members (excludes halogenated alkanes) is 2. The Morgan fingerprint density at radius 3 is 1.44 bits per heavy atom. The summed E-state index contributed by atoms with van der Waals surface area (Å²) >= 11 is 0. The summed E-state index contributed by atoms with van der Waals surface area (Å²) in [4.78, 5) is 37.3. The normalized spacial score (nSPS) is 13.9. The fourth-order valence-electron chi connectivity index (χ4n) is 2.20. The molecule has 2 unspecified atom stereocenters. The van der Waals surface area contributed by atoms with E-state index in [0.717, 1.165) is 51.4 Å². The summed E-state index contributed by atoms with van der Waals surface area (Å²) in [6.45, 7) is 8.34. The van der Waals surface area contributed by atoms with E-state index in [1.165, 1.54) is 0 Å². The van der Waals surface area contributed by atoms with Gasteiger partial charge < -0.3 is 28.7 Å². The molecule has 0 aromatic carbocycles. The van der Waals surface area contributed by atoms with Crippen molar-refractivity contribution in [1.82, 2.24) is 0 Å². The first kappa shape index (κ1) is 32.6. The molecule has 0 heterocycles. The largest absolute Gasteiger partial charge is 2.00 e. The van der Waals surface area contributed by atoms with Gasteiger partial charge in [-0.15, -0.1) is 0 Å². The van der Waals surface area contributed by atoms with Gasteiger partial charge in [0.2, 0.25) is 0 Å². The second-order valence-electron chi connectivity index (χ2n) is 6.36. The van der Waals surface area contributed by atoms with Crippen LogP contribution in [-0.2, 0) is 18.2 Å². The van der Waals surface area contributed by atoms with Crippen LogP contribution in [0.15, 0.2) is 0 Å². The van der Waals surface area contributed by atoms with Crippen LogP contribution in [0.25, 0.3) is 0 Å². The minimum atomic E-state index is -4.76. The Hall–Kier alpha value is 0.986. The van der Waals surface area contributed by atoms with Crippen LogP contribution in [0.1, 0.15) is 79.1 Å². The SMILES string of the molecule is CCCCC(CC)COP(=O)(O)O.CCCCC(CC)COP(=O)([O-])[O-].[Mg+2]. The van der Waals surface area contributed by atoms with Crippen molar-refractivity contribution < 1.29 is 37.8 Å². The van der Waals surface area contributed by atoms with Crippen LogP contribution in [-0.4, -0.2) is 46.1 Å². The van der Waals surface area contributed by atoms with Crippen LogP contribution in [0.4, 0.5) is 0 Å². The first-order valence-electron chi connectivity index (χ1n) is 9.35. The van der Waals surface area contributed by atoms with Crippen molar-refractivity contribution in [2.75, 3.05) is 13.2 Å². The van der Waals surface area contributed by atoms with Crippen LogP contribution < -0.4 is 9.79 Å². The quantitative estimate of drug-likeness (QED) is 0.309. The molecule has 0 saturated carbocycles. The van der Waals surface area contributed by atoms with Crippen LogP contribution in [0.2, 0.25) is 0 Å². The molecule has 160 valence electrons. The molecule has 0 spiro atoms.